The van der Waals surface area contributed by atoms with Gasteiger partial charge in [-0.05, 0) is 18.6 Å². The first-order chi connectivity index (χ1) is 9.54. The fourth-order valence-corrected chi connectivity index (χ4v) is 2.63. The maximum Gasteiger partial charge on any atom is 0.329 e. The molecule has 20 heavy (non-hydrogen) atoms. The third-order valence-electron chi connectivity index (χ3n) is 3.27. The van der Waals surface area contributed by atoms with Crippen LogP contribution in [0.3, 0.4) is 0 Å². The van der Waals surface area contributed by atoms with Crippen LogP contribution in [-0.4, -0.2) is 29.8 Å². The molecule has 5 heteroatoms. The minimum atomic E-state index is -0.549. The summed E-state index contributed by atoms with van der Waals surface area (Å²) in [6.45, 7) is 3.95. The molecule has 1 aromatic rings. The van der Waals surface area contributed by atoms with Gasteiger partial charge in [-0.3, -0.25) is 9.69 Å². The van der Waals surface area contributed by atoms with Crippen molar-refractivity contribution in [1.29, 1.82) is 0 Å². The van der Waals surface area contributed by atoms with Gasteiger partial charge in [-0.2, -0.15) is 12.6 Å². The number of amides is 1. The zero-order valence-corrected chi connectivity index (χ0v) is 12.6. The summed E-state index contributed by atoms with van der Waals surface area (Å²) in [6.07, 6.45) is 0.815. The second kappa shape index (κ2) is 6.31. The SMILES string of the molecule is CCOC(=O)C1Cc2ccccc2N1C(=O)CC(C)S. The highest BCUT2D eigenvalue weighted by atomic mass is 32.1. The zero-order chi connectivity index (χ0) is 14.7. The third-order valence-corrected chi connectivity index (χ3v) is 3.46. The molecule has 108 valence electrons. The van der Waals surface area contributed by atoms with E-state index < -0.39 is 6.04 Å². The van der Waals surface area contributed by atoms with E-state index in [0.717, 1.165) is 11.3 Å². The van der Waals surface area contributed by atoms with Crippen LogP contribution in [0, 0.1) is 0 Å². The summed E-state index contributed by atoms with van der Waals surface area (Å²) in [7, 11) is 0. The second-order valence-electron chi connectivity index (χ2n) is 4.92. The van der Waals surface area contributed by atoms with Crippen molar-refractivity contribution in [3.63, 3.8) is 0 Å². The summed E-state index contributed by atoms with van der Waals surface area (Å²) in [6, 6.07) is 7.05. The van der Waals surface area contributed by atoms with Crippen LogP contribution in [0.5, 0.6) is 0 Å². The number of rotatable bonds is 4. The monoisotopic (exact) mass is 293 g/mol. The number of carbonyl (C=O) groups is 2. The number of thiol groups is 1. The van der Waals surface area contributed by atoms with E-state index in [9.17, 15) is 9.59 Å². The Labute approximate surface area is 124 Å². The van der Waals surface area contributed by atoms with Gasteiger partial charge in [0.1, 0.15) is 6.04 Å². The average molecular weight is 293 g/mol. The molecule has 0 spiro atoms. The molecule has 0 aliphatic carbocycles. The maximum absolute atomic E-state index is 12.4. The summed E-state index contributed by atoms with van der Waals surface area (Å²) in [5.74, 6) is -0.431. The van der Waals surface area contributed by atoms with Gasteiger partial charge in [-0.25, -0.2) is 4.79 Å². The average Bonchev–Trinajstić information content (AvgIpc) is 2.77. The zero-order valence-electron chi connectivity index (χ0n) is 11.7. The van der Waals surface area contributed by atoms with Gasteiger partial charge in [-0.1, -0.05) is 25.1 Å². The summed E-state index contributed by atoms with van der Waals surface area (Å²) in [4.78, 5) is 26.1. The molecule has 0 N–H and O–H groups in total. The van der Waals surface area contributed by atoms with E-state index in [1.807, 2.05) is 31.2 Å². The number of para-hydroxylation sites is 1. The lowest BCUT2D eigenvalue weighted by atomic mass is 10.1. The van der Waals surface area contributed by atoms with E-state index in [1.54, 1.807) is 11.8 Å². The molecule has 2 rings (SSSR count). The predicted molar refractivity (Wildman–Crippen MR) is 81.1 cm³/mol. The molecule has 0 saturated carbocycles. The molecular formula is C15H19NO3S. The highest BCUT2D eigenvalue weighted by Crippen LogP contribution is 2.33. The molecule has 0 aromatic heterocycles. The Balaban J connectivity index is 2.30. The number of anilines is 1. The van der Waals surface area contributed by atoms with Crippen molar-refractivity contribution in [3.8, 4) is 0 Å². The number of ether oxygens (including phenoxy) is 1. The van der Waals surface area contributed by atoms with Gasteiger partial charge < -0.3 is 4.74 Å². The van der Waals surface area contributed by atoms with E-state index in [-0.39, 0.29) is 17.1 Å². The Morgan fingerprint density at radius 3 is 2.80 bits per heavy atom. The minimum absolute atomic E-state index is 0.0434. The number of carbonyl (C=O) groups excluding carboxylic acids is 2. The molecule has 1 aliphatic rings. The summed E-state index contributed by atoms with van der Waals surface area (Å²) >= 11 is 4.26. The molecule has 4 nitrogen and oxygen atoms in total. The molecule has 0 bridgehead atoms. The lowest BCUT2D eigenvalue weighted by Gasteiger charge is -2.24. The standard InChI is InChI=1S/C15H19NO3S/c1-3-19-15(18)13-9-11-6-4-5-7-12(11)16(13)14(17)8-10(2)20/h4-7,10,13,20H,3,8-9H2,1-2H3. The minimum Gasteiger partial charge on any atom is -0.464 e. The van der Waals surface area contributed by atoms with Gasteiger partial charge in [0.2, 0.25) is 5.91 Å². The number of hydrogen-bond donors (Lipinski definition) is 1. The van der Waals surface area contributed by atoms with Crippen LogP contribution in [0.2, 0.25) is 0 Å². The first kappa shape index (κ1) is 14.9. The lowest BCUT2D eigenvalue weighted by molar-refractivity contribution is -0.145. The first-order valence-electron chi connectivity index (χ1n) is 6.79. The van der Waals surface area contributed by atoms with Crippen molar-refractivity contribution in [2.45, 2.75) is 38.0 Å². The Morgan fingerprint density at radius 1 is 1.45 bits per heavy atom. The molecule has 0 fully saturated rings. The van der Waals surface area contributed by atoms with E-state index >= 15 is 0 Å². The first-order valence-corrected chi connectivity index (χ1v) is 7.31. The van der Waals surface area contributed by atoms with E-state index in [2.05, 4.69) is 12.6 Å². The third kappa shape index (κ3) is 2.98. The van der Waals surface area contributed by atoms with Gasteiger partial charge in [-0.15, -0.1) is 0 Å². The molecule has 1 aromatic carbocycles. The van der Waals surface area contributed by atoms with Crippen LogP contribution in [-0.2, 0) is 20.7 Å². The van der Waals surface area contributed by atoms with Gasteiger partial charge in [0.05, 0.1) is 6.61 Å². The van der Waals surface area contributed by atoms with Gasteiger partial charge in [0.15, 0.2) is 0 Å². The topological polar surface area (TPSA) is 46.6 Å². The molecule has 0 saturated heterocycles. The van der Waals surface area contributed by atoms with Crippen LogP contribution >= 0.6 is 12.6 Å². The van der Waals surface area contributed by atoms with Crippen LogP contribution in [0.15, 0.2) is 24.3 Å². The Kier molecular flexibility index (Phi) is 4.70. The van der Waals surface area contributed by atoms with Gasteiger partial charge in [0, 0.05) is 23.8 Å². The fraction of sp³-hybridized carbons (Fsp3) is 0.467. The van der Waals surface area contributed by atoms with E-state index in [4.69, 9.17) is 4.74 Å². The lowest BCUT2D eigenvalue weighted by Crippen LogP contribution is -2.44. The molecular weight excluding hydrogens is 274 g/mol. The van der Waals surface area contributed by atoms with Crippen LogP contribution in [0.25, 0.3) is 0 Å². The smallest absolute Gasteiger partial charge is 0.329 e. The second-order valence-corrected chi connectivity index (χ2v) is 5.80. The van der Waals surface area contributed by atoms with Crippen molar-refractivity contribution in [3.05, 3.63) is 29.8 Å². The molecule has 0 radical (unpaired) electrons. The van der Waals surface area contributed by atoms with Crippen molar-refractivity contribution >= 4 is 30.2 Å². The highest BCUT2D eigenvalue weighted by Gasteiger charge is 2.38. The summed E-state index contributed by atoms with van der Waals surface area (Å²) < 4.78 is 5.09. The Hall–Kier alpha value is -1.49. The molecule has 1 heterocycles. The number of nitrogens with zero attached hydrogens (tertiary/aromatic N) is 1. The number of benzene rings is 1. The van der Waals surface area contributed by atoms with E-state index in [1.165, 1.54) is 0 Å². The number of hydrogen-bond acceptors (Lipinski definition) is 4. The van der Waals surface area contributed by atoms with Gasteiger partial charge in [0.25, 0.3) is 0 Å². The number of fused-ring (bicyclic) bond motifs is 1. The summed E-state index contributed by atoms with van der Waals surface area (Å²) in [5, 5.41) is -0.0434. The van der Waals surface area contributed by atoms with Crippen molar-refractivity contribution in [1.82, 2.24) is 0 Å². The van der Waals surface area contributed by atoms with Crippen molar-refractivity contribution in [2.75, 3.05) is 11.5 Å². The van der Waals surface area contributed by atoms with Crippen LogP contribution in [0.4, 0.5) is 5.69 Å². The van der Waals surface area contributed by atoms with Crippen LogP contribution < -0.4 is 4.90 Å². The molecule has 1 amide bonds. The Morgan fingerprint density at radius 2 is 2.15 bits per heavy atom. The highest BCUT2D eigenvalue weighted by molar-refractivity contribution is 7.80. The van der Waals surface area contributed by atoms with Crippen molar-refractivity contribution in [2.24, 2.45) is 0 Å². The number of esters is 1. The largest absolute Gasteiger partial charge is 0.464 e. The normalized spacial score (nSPS) is 18.6. The summed E-state index contributed by atoms with van der Waals surface area (Å²) in [5.41, 5.74) is 1.82. The van der Waals surface area contributed by atoms with Gasteiger partial charge >= 0.3 is 5.97 Å². The molecule has 2 atom stereocenters. The van der Waals surface area contributed by atoms with E-state index in [0.29, 0.717) is 19.4 Å². The predicted octanol–water partition coefficient (Wildman–Crippen LogP) is 2.22. The maximum atomic E-state index is 12.4. The molecule has 1 aliphatic heterocycles. The quantitative estimate of drug-likeness (QED) is 0.684. The van der Waals surface area contributed by atoms with Crippen LogP contribution in [0.1, 0.15) is 25.8 Å². The fourth-order valence-electron chi connectivity index (χ4n) is 2.47. The Bertz CT molecular complexity index is 516. The molecule has 2 unspecified atom stereocenters. The van der Waals surface area contributed by atoms with Crippen molar-refractivity contribution < 1.29 is 14.3 Å².